The number of nitrogens with one attached hydrogen (secondary N) is 1. The van der Waals surface area contributed by atoms with Crippen LogP contribution in [0.15, 0.2) is 30.3 Å². The van der Waals surface area contributed by atoms with Crippen molar-refractivity contribution in [1.29, 1.82) is 0 Å². The number of nitrogens with zero attached hydrogens (tertiary/aromatic N) is 4. The minimum atomic E-state index is 0.713. The molecule has 3 rings (SSSR count). The molecule has 0 saturated heterocycles. The molecule has 0 atom stereocenters. The van der Waals surface area contributed by atoms with Crippen molar-refractivity contribution in [2.24, 2.45) is 0 Å². The van der Waals surface area contributed by atoms with Crippen molar-refractivity contribution in [3.05, 3.63) is 36.0 Å². The number of rotatable bonds is 2. The average molecular weight is 253 g/mol. The van der Waals surface area contributed by atoms with E-state index in [9.17, 15) is 0 Å². The molecule has 0 aliphatic carbocycles. The van der Waals surface area contributed by atoms with Crippen LogP contribution in [0.1, 0.15) is 5.69 Å². The molecule has 5 nitrogen and oxygen atoms in total. The van der Waals surface area contributed by atoms with Crippen LogP contribution in [0.3, 0.4) is 0 Å². The summed E-state index contributed by atoms with van der Waals surface area (Å²) in [5.41, 5.74) is 3.44. The van der Waals surface area contributed by atoms with Crippen molar-refractivity contribution in [2.45, 2.75) is 6.92 Å². The van der Waals surface area contributed by atoms with Crippen molar-refractivity contribution >= 4 is 17.0 Å². The Hall–Kier alpha value is -2.43. The predicted molar refractivity (Wildman–Crippen MR) is 76.2 cm³/mol. The molecule has 1 N–H and O–H groups in total. The Labute approximate surface area is 111 Å². The first-order valence-electron chi connectivity index (χ1n) is 6.11. The molecule has 3 heterocycles. The molecule has 0 saturated carbocycles. The van der Waals surface area contributed by atoms with E-state index in [1.165, 1.54) is 0 Å². The van der Waals surface area contributed by atoms with Crippen LogP contribution in [0.4, 0.5) is 5.82 Å². The van der Waals surface area contributed by atoms with Gasteiger partial charge in [-0.3, -0.25) is 0 Å². The van der Waals surface area contributed by atoms with Gasteiger partial charge < -0.3 is 9.88 Å². The van der Waals surface area contributed by atoms with Crippen molar-refractivity contribution < 1.29 is 0 Å². The summed E-state index contributed by atoms with van der Waals surface area (Å²) in [4.78, 5) is 18.7. The molecule has 19 heavy (non-hydrogen) atoms. The maximum absolute atomic E-state index is 4.51. The van der Waals surface area contributed by atoms with Crippen molar-refractivity contribution in [3.63, 3.8) is 0 Å². The smallest absolute Gasteiger partial charge is 0.180 e. The second-order valence-corrected chi connectivity index (χ2v) is 4.68. The zero-order chi connectivity index (χ0) is 13.4. The Balaban J connectivity index is 2.11. The minimum absolute atomic E-state index is 0.713. The highest BCUT2D eigenvalue weighted by molar-refractivity contribution is 5.76. The van der Waals surface area contributed by atoms with E-state index < -0.39 is 0 Å². The molecule has 3 aromatic rings. The summed E-state index contributed by atoms with van der Waals surface area (Å²) in [5.74, 6) is 1.64. The van der Waals surface area contributed by atoms with Gasteiger partial charge in [0.25, 0.3) is 0 Å². The van der Waals surface area contributed by atoms with Gasteiger partial charge in [-0.1, -0.05) is 6.07 Å². The molecule has 3 aromatic heterocycles. The number of imidazole rings is 1. The van der Waals surface area contributed by atoms with E-state index in [1.807, 2.05) is 56.3 Å². The SMILES string of the molecule is Cc1cccc(-c2nc3nc(N(C)C)ccc3[nH]2)n1. The quantitative estimate of drug-likeness (QED) is 0.762. The van der Waals surface area contributed by atoms with E-state index >= 15 is 0 Å². The van der Waals surface area contributed by atoms with Crippen molar-refractivity contribution in [1.82, 2.24) is 19.9 Å². The predicted octanol–water partition coefficient (Wildman–Crippen LogP) is 2.39. The van der Waals surface area contributed by atoms with Crippen LogP contribution in [0.5, 0.6) is 0 Å². The van der Waals surface area contributed by atoms with Gasteiger partial charge in [-0.25, -0.2) is 15.0 Å². The Bertz CT molecular complexity index is 730. The van der Waals surface area contributed by atoms with Gasteiger partial charge in [-0.15, -0.1) is 0 Å². The molecule has 0 aliphatic heterocycles. The first-order chi connectivity index (χ1) is 9.13. The van der Waals surface area contributed by atoms with Crippen LogP contribution in [0.25, 0.3) is 22.7 Å². The van der Waals surface area contributed by atoms with Gasteiger partial charge in [-0.2, -0.15) is 0 Å². The summed E-state index contributed by atoms with van der Waals surface area (Å²) in [6, 6.07) is 9.84. The zero-order valence-electron chi connectivity index (χ0n) is 11.2. The number of aryl methyl sites for hydroxylation is 1. The number of H-pyrrole nitrogens is 1. The number of pyridine rings is 2. The third kappa shape index (κ3) is 2.14. The first kappa shape index (κ1) is 11.6. The average Bonchev–Trinajstić information content (AvgIpc) is 2.81. The highest BCUT2D eigenvalue weighted by atomic mass is 15.2. The van der Waals surface area contributed by atoms with Crippen LogP contribution >= 0.6 is 0 Å². The number of hydrogen-bond acceptors (Lipinski definition) is 4. The third-order valence-electron chi connectivity index (χ3n) is 2.92. The van der Waals surface area contributed by atoms with Crippen molar-refractivity contribution in [3.8, 4) is 11.5 Å². The highest BCUT2D eigenvalue weighted by Gasteiger charge is 2.08. The summed E-state index contributed by atoms with van der Waals surface area (Å²) < 4.78 is 0. The van der Waals surface area contributed by atoms with Gasteiger partial charge >= 0.3 is 0 Å². The summed E-state index contributed by atoms with van der Waals surface area (Å²) in [7, 11) is 3.92. The lowest BCUT2D eigenvalue weighted by Crippen LogP contribution is -2.10. The van der Waals surface area contributed by atoms with E-state index in [1.54, 1.807) is 0 Å². The lowest BCUT2D eigenvalue weighted by atomic mass is 10.3. The molecule has 96 valence electrons. The lowest BCUT2D eigenvalue weighted by Gasteiger charge is -2.09. The Morgan fingerprint density at radius 2 is 1.84 bits per heavy atom. The summed E-state index contributed by atoms with van der Waals surface area (Å²) >= 11 is 0. The van der Waals surface area contributed by atoms with E-state index in [-0.39, 0.29) is 0 Å². The topological polar surface area (TPSA) is 57.7 Å². The third-order valence-corrected chi connectivity index (χ3v) is 2.92. The second-order valence-electron chi connectivity index (χ2n) is 4.68. The standard InChI is InChI=1S/C14H15N5/c1-9-5-4-6-10(15-9)13-16-11-7-8-12(19(2)3)17-14(11)18-13/h4-8H,1-3H3,(H,16,17,18). The highest BCUT2D eigenvalue weighted by Crippen LogP contribution is 2.20. The Morgan fingerprint density at radius 1 is 1.00 bits per heavy atom. The van der Waals surface area contributed by atoms with Gasteiger partial charge in [0, 0.05) is 19.8 Å². The van der Waals surface area contributed by atoms with Gasteiger partial charge in [0.15, 0.2) is 11.5 Å². The van der Waals surface area contributed by atoms with Crippen LogP contribution in [-0.2, 0) is 0 Å². The van der Waals surface area contributed by atoms with Crippen molar-refractivity contribution in [2.75, 3.05) is 19.0 Å². The normalized spacial score (nSPS) is 10.9. The maximum Gasteiger partial charge on any atom is 0.180 e. The fourth-order valence-electron chi connectivity index (χ4n) is 1.93. The number of aromatic amines is 1. The summed E-state index contributed by atoms with van der Waals surface area (Å²) in [6.07, 6.45) is 0. The van der Waals surface area contributed by atoms with Gasteiger partial charge in [-0.05, 0) is 31.2 Å². The molecule has 0 aromatic carbocycles. The molecule has 5 heteroatoms. The molecule has 0 bridgehead atoms. The molecule has 0 radical (unpaired) electrons. The minimum Gasteiger partial charge on any atom is -0.363 e. The monoisotopic (exact) mass is 253 g/mol. The van der Waals surface area contributed by atoms with Crippen LogP contribution < -0.4 is 4.90 Å². The van der Waals surface area contributed by atoms with E-state index in [2.05, 4.69) is 19.9 Å². The number of aromatic nitrogens is 4. The molecule has 0 unspecified atom stereocenters. The number of anilines is 1. The van der Waals surface area contributed by atoms with Crippen LogP contribution in [-0.4, -0.2) is 34.0 Å². The van der Waals surface area contributed by atoms with E-state index in [0.717, 1.165) is 28.5 Å². The second kappa shape index (κ2) is 4.35. The summed E-state index contributed by atoms with van der Waals surface area (Å²) in [5, 5.41) is 0. The molecule has 0 fully saturated rings. The van der Waals surface area contributed by atoms with Gasteiger partial charge in [0.2, 0.25) is 0 Å². The van der Waals surface area contributed by atoms with E-state index in [0.29, 0.717) is 5.65 Å². The van der Waals surface area contributed by atoms with Crippen LogP contribution in [0.2, 0.25) is 0 Å². The lowest BCUT2D eigenvalue weighted by molar-refractivity contribution is 1.08. The fourth-order valence-corrected chi connectivity index (χ4v) is 1.93. The fraction of sp³-hybridized carbons (Fsp3) is 0.214. The molecule has 0 aliphatic rings. The van der Waals surface area contributed by atoms with Crippen LogP contribution in [0, 0.1) is 6.92 Å². The Kier molecular flexibility index (Phi) is 2.67. The molecular weight excluding hydrogens is 238 g/mol. The maximum atomic E-state index is 4.51. The number of hydrogen-bond donors (Lipinski definition) is 1. The zero-order valence-corrected chi connectivity index (χ0v) is 11.2. The molecular formula is C14H15N5. The van der Waals surface area contributed by atoms with E-state index in [4.69, 9.17) is 0 Å². The van der Waals surface area contributed by atoms with Gasteiger partial charge in [0.05, 0.1) is 5.52 Å². The number of fused-ring (bicyclic) bond motifs is 1. The molecule has 0 spiro atoms. The van der Waals surface area contributed by atoms with Gasteiger partial charge in [0.1, 0.15) is 11.5 Å². The Morgan fingerprint density at radius 3 is 2.58 bits per heavy atom. The first-order valence-corrected chi connectivity index (χ1v) is 6.11. The molecule has 0 amide bonds. The summed E-state index contributed by atoms with van der Waals surface area (Å²) in [6.45, 7) is 1.97. The largest absolute Gasteiger partial charge is 0.363 e.